The predicted molar refractivity (Wildman–Crippen MR) is 78.3 cm³/mol. The van der Waals surface area contributed by atoms with Gasteiger partial charge >= 0.3 is 5.97 Å². The van der Waals surface area contributed by atoms with Crippen LogP contribution in [0.3, 0.4) is 0 Å². The summed E-state index contributed by atoms with van der Waals surface area (Å²) in [6.07, 6.45) is 2.39. The van der Waals surface area contributed by atoms with E-state index in [1.165, 1.54) is 7.11 Å². The summed E-state index contributed by atoms with van der Waals surface area (Å²) < 4.78 is 4.80. The molecule has 1 aromatic rings. The number of hydrogen-bond acceptors (Lipinski definition) is 3. The van der Waals surface area contributed by atoms with Gasteiger partial charge in [0.25, 0.3) is 0 Å². The fraction of sp³-hybridized carbons (Fsp3) is 0.400. The van der Waals surface area contributed by atoms with Crippen molar-refractivity contribution in [2.24, 2.45) is 0 Å². The summed E-state index contributed by atoms with van der Waals surface area (Å²) in [5, 5.41) is -0.322. The highest BCUT2D eigenvalue weighted by atomic mass is 35.5. The van der Waals surface area contributed by atoms with Crippen LogP contribution in [0.5, 0.6) is 0 Å². The van der Waals surface area contributed by atoms with Crippen molar-refractivity contribution in [3.63, 3.8) is 0 Å². The molecular weight excluding hydrogens is 262 g/mol. The van der Waals surface area contributed by atoms with Crippen LogP contribution in [0.2, 0.25) is 0 Å². The Morgan fingerprint density at radius 1 is 1.37 bits per heavy atom. The number of carbonyl (C=O) groups excluding carboxylic acids is 1. The number of allylic oxidation sites excluding steroid dienone is 1. The van der Waals surface area contributed by atoms with E-state index in [-0.39, 0.29) is 11.3 Å². The Labute approximate surface area is 119 Å². The summed E-state index contributed by atoms with van der Waals surface area (Å²) in [5.74, 6) is -0.316. The van der Waals surface area contributed by atoms with E-state index in [1.807, 2.05) is 49.3 Å². The number of alkyl halides is 1. The molecule has 0 saturated carbocycles. The average molecular weight is 282 g/mol. The maximum absolute atomic E-state index is 11.7. The van der Waals surface area contributed by atoms with Crippen LogP contribution in [0.1, 0.15) is 17.4 Å². The maximum Gasteiger partial charge on any atom is 0.333 e. The van der Waals surface area contributed by atoms with Gasteiger partial charge in [-0.15, -0.1) is 11.6 Å². The molecule has 0 spiro atoms. The minimum absolute atomic E-state index is 0.316. The van der Waals surface area contributed by atoms with Gasteiger partial charge in [0, 0.05) is 12.1 Å². The number of esters is 1. The summed E-state index contributed by atoms with van der Waals surface area (Å²) in [6, 6.07) is 9.67. The van der Waals surface area contributed by atoms with E-state index < -0.39 is 0 Å². The van der Waals surface area contributed by atoms with Crippen molar-refractivity contribution in [3.8, 4) is 0 Å². The van der Waals surface area contributed by atoms with E-state index in [9.17, 15) is 4.79 Å². The third-order valence-electron chi connectivity index (χ3n) is 2.74. The molecule has 4 heteroatoms. The quantitative estimate of drug-likeness (QED) is 0.456. The molecule has 1 atom stereocenters. The highest BCUT2D eigenvalue weighted by molar-refractivity contribution is 6.22. The zero-order chi connectivity index (χ0) is 14.3. The Morgan fingerprint density at radius 2 is 2.00 bits per heavy atom. The molecule has 19 heavy (non-hydrogen) atoms. The number of hydrogen-bond donors (Lipinski definition) is 0. The fourth-order valence-electron chi connectivity index (χ4n) is 1.64. The molecule has 0 fully saturated rings. The molecule has 0 aliphatic carbocycles. The maximum atomic E-state index is 11.7. The molecule has 0 N–H and O–H groups in total. The first kappa shape index (κ1) is 15.7. The lowest BCUT2D eigenvalue weighted by Gasteiger charge is -2.12. The van der Waals surface area contributed by atoms with Crippen molar-refractivity contribution < 1.29 is 9.53 Å². The number of halogens is 1. The molecule has 0 saturated heterocycles. The predicted octanol–water partition coefficient (Wildman–Crippen LogP) is 3.02. The molecule has 0 radical (unpaired) electrons. The van der Waals surface area contributed by atoms with E-state index in [2.05, 4.69) is 0 Å². The number of methoxy groups -OCH3 is 1. The minimum Gasteiger partial charge on any atom is -0.466 e. The largest absolute Gasteiger partial charge is 0.466 e. The van der Waals surface area contributed by atoms with Crippen LogP contribution < -0.4 is 0 Å². The van der Waals surface area contributed by atoms with Crippen LogP contribution >= 0.6 is 11.6 Å². The normalized spacial score (nSPS) is 13.4. The van der Waals surface area contributed by atoms with Gasteiger partial charge in [-0.1, -0.05) is 36.4 Å². The van der Waals surface area contributed by atoms with E-state index in [0.717, 1.165) is 12.1 Å². The molecule has 3 nitrogen and oxygen atoms in total. The summed E-state index contributed by atoms with van der Waals surface area (Å²) >= 11 is 6.32. The van der Waals surface area contributed by atoms with Gasteiger partial charge in [-0.25, -0.2) is 4.79 Å². The van der Waals surface area contributed by atoms with Crippen molar-refractivity contribution >= 4 is 17.6 Å². The average Bonchev–Trinajstić information content (AvgIpc) is 2.43. The van der Waals surface area contributed by atoms with Crippen molar-refractivity contribution in [3.05, 3.63) is 47.5 Å². The third kappa shape index (κ3) is 5.45. The molecule has 104 valence electrons. The Balaban J connectivity index is 2.84. The second kappa shape index (κ2) is 7.97. The van der Waals surface area contributed by atoms with Crippen LogP contribution in [-0.2, 0) is 9.53 Å². The Bertz CT molecular complexity index is 429. The van der Waals surface area contributed by atoms with Gasteiger partial charge < -0.3 is 9.64 Å². The standard InChI is InChI=1S/C15H20ClNO2/c1-17(2)10-9-13(15(18)19-3)11-14(16)12-7-5-4-6-8-12/h4-8,11,14H,9-10H2,1-3H3. The van der Waals surface area contributed by atoms with Crippen LogP contribution in [0.25, 0.3) is 0 Å². The lowest BCUT2D eigenvalue weighted by molar-refractivity contribution is -0.136. The lowest BCUT2D eigenvalue weighted by atomic mass is 10.1. The molecule has 0 aliphatic rings. The lowest BCUT2D eigenvalue weighted by Crippen LogP contribution is -2.17. The van der Waals surface area contributed by atoms with Crippen molar-refractivity contribution in [2.75, 3.05) is 27.7 Å². The molecule has 0 aliphatic heterocycles. The van der Waals surface area contributed by atoms with E-state index in [0.29, 0.717) is 12.0 Å². The van der Waals surface area contributed by atoms with Gasteiger partial charge in [0.05, 0.1) is 12.5 Å². The molecule has 0 bridgehead atoms. The van der Waals surface area contributed by atoms with E-state index in [1.54, 1.807) is 6.08 Å². The highest BCUT2D eigenvalue weighted by Crippen LogP contribution is 2.24. The van der Waals surface area contributed by atoms with Crippen LogP contribution in [-0.4, -0.2) is 38.6 Å². The van der Waals surface area contributed by atoms with E-state index >= 15 is 0 Å². The van der Waals surface area contributed by atoms with Gasteiger partial charge in [-0.3, -0.25) is 0 Å². The first-order valence-corrected chi connectivity index (χ1v) is 6.61. The minimum atomic E-state index is -0.322. The summed E-state index contributed by atoms with van der Waals surface area (Å²) in [7, 11) is 5.31. The van der Waals surface area contributed by atoms with Crippen molar-refractivity contribution in [1.29, 1.82) is 0 Å². The van der Waals surface area contributed by atoms with Gasteiger partial charge in [-0.05, 0) is 26.1 Å². The second-order valence-corrected chi connectivity index (χ2v) is 5.02. The van der Waals surface area contributed by atoms with Crippen molar-refractivity contribution in [1.82, 2.24) is 4.90 Å². The highest BCUT2D eigenvalue weighted by Gasteiger charge is 2.13. The van der Waals surface area contributed by atoms with Gasteiger partial charge in [-0.2, -0.15) is 0 Å². The fourth-order valence-corrected chi connectivity index (χ4v) is 1.94. The zero-order valence-electron chi connectivity index (χ0n) is 11.6. The second-order valence-electron chi connectivity index (χ2n) is 4.55. The number of rotatable bonds is 6. The van der Waals surface area contributed by atoms with E-state index in [4.69, 9.17) is 16.3 Å². The summed E-state index contributed by atoms with van der Waals surface area (Å²) in [4.78, 5) is 13.7. The number of ether oxygens (including phenoxy) is 1. The molecule has 1 rings (SSSR count). The van der Waals surface area contributed by atoms with Crippen LogP contribution in [0.4, 0.5) is 0 Å². The number of benzene rings is 1. The van der Waals surface area contributed by atoms with Crippen LogP contribution in [0.15, 0.2) is 42.0 Å². The molecule has 1 unspecified atom stereocenters. The Hall–Kier alpha value is -1.32. The number of carbonyl (C=O) groups is 1. The molecule has 0 amide bonds. The Kier molecular flexibility index (Phi) is 6.60. The summed E-state index contributed by atoms with van der Waals surface area (Å²) in [5.41, 5.74) is 1.58. The molecule has 0 aromatic heterocycles. The van der Waals surface area contributed by atoms with Gasteiger partial charge in [0.1, 0.15) is 0 Å². The van der Waals surface area contributed by atoms with Gasteiger partial charge in [0.2, 0.25) is 0 Å². The van der Waals surface area contributed by atoms with Crippen LogP contribution in [0, 0.1) is 0 Å². The first-order valence-electron chi connectivity index (χ1n) is 6.17. The SMILES string of the molecule is COC(=O)C(=CC(Cl)c1ccccc1)CCN(C)C. The van der Waals surface area contributed by atoms with Crippen molar-refractivity contribution in [2.45, 2.75) is 11.8 Å². The first-order chi connectivity index (χ1) is 9.04. The monoisotopic (exact) mass is 281 g/mol. The topological polar surface area (TPSA) is 29.5 Å². The third-order valence-corrected chi connectivity index (χ3v) is 3.12. The van der Waals surface area contributed by atoms with Gasteiger partial charge in [0.15, 0.2) is 0 Å². The number of nitrogens with zero attached hydrogens (tertiary/aromatic N) is 1. The molecule has 1 aromatic carbocycles. The zero-order valence-corrected chi connectivity index (χ0v) is 12.4. The summed E-state index contributed by atoms with van der Waals surface area (Å²) in [6.45, 7) is 0.777. The molecule has 0 heterocycles. The smallest absolute Gasteiger partial charge is 0.333 e. The Morgan fingerprint density at radius 3 is 2.53 bits per heavy atom. The molecular formula is C15H20ClNO2.